The number of hydrogen-bond acceptors (Lipinski definition) is 6. The number of anilines is 2. The topological polar surface area (TPSA) is 91.0 Å². The van der Waals surface area contributed by atoms with E-state index in [-0.39, 0.29) is 17.1 Å². The van der Waals surface area contributed by atoms with E-state index in [1.54, 1.807) is 11.2 Å². The highest BCUT2D eigenvalue weighted by atomic mass is 32.1. The first-order valence-corrected chi connectivity index (χ1v) is 7.77. The number of phenols is 1. The first-order valence-electron chi connectivity index (χ1n) is 7.36. The summed E-state index contributed by atoms with van der Waals surface area (Å²) in [5.41, 5.74) is 2.31. The molecule has 25 heavy (non-hydrogen) atoms. The van der Waals surface area contributed by atoms with E-state index in [0.717, 1.165) is 5.69 Å². The lowest BCUT2D eigenvalue weighted by Gasteiger charge is -2.14. The van der Waals surface area contributed by atoms with Gasteiger partial charge in [-0.2, -0.15) is 5.10 Å². The highest BCUT2D eigenvalue weighted by Crippen LogP contribution is 2.29. The standard InChI is InChI=1S/C17H14N4O3S/c1-11-14(17(25)20(19-11)12-5-3-2-4-6-12)10-18-15-9-13(21(23)24)7-8-16(15)22/h2-10,18,22H,1H3/b14-10+. The summed E-state index contributed by atoms with van der Waals surface area (Å²) in [7, 11) is 0. The Morgan fingerprint density at radius 1 is 1.28 bits per heavy atom. The van der Waals surface area contributed by atoms with Gasteiger partial charge in [0.1, 0.15) is 10.7 Å². The minimum atomic E-state index is -0.526. The summed E-state index contributed by atoms with van der Waals surface area (Å²) in [5.74, 6) is -0.0964. The first-order chi connectivity index (χ1) is 12.0. The lowest BCUT2D eigenvalue weighted by atomic mass is 10.2. The Hall–Kier alpha value is -3.26. The summed E-state index contributed by atoms with van der Waals surface area (Å²) < 4.78 is 0. The van der Waals surface area contributed by atoms with Gasteiger partial charge in [-0.05, 0) is 25.1 Å². The van der Waals surface area contributed by atoms with Crippen molar-refractivity contribution < 1.29 is 10.0 Å². The second kappa shape index (κ2) is 6.70. The maximum Gasteiger partial charge on any atom is 0.271 e. The Bertz CT molecular complexity index is 909. The number of para-hydroxylation sites is 1. The van der Waals surface area contributed by atoms with Crippen molar-refractivity contribution in [2.75, 3.05) is 10.3 Å². The molecule has 3 rings (SSSR count). The molecule has 0 aliphatic carbocycles. The Morgan fingerprint density at radius 2 is 2.00 bits per heavy atom. The third-order valence-electron chi connectivity index (χ3n) is 3.63. The monoisotopic (exact) mass is 354 g/mol. The molecule has 0 unspecified atom stereocenters. The van der Waals surface area contributed by atoms with Crippen LogP contribution in [-0.2, 0) is 0 Å². The van der Waals surface area contributed by atoms with Gasteiger partial charge in [-0.3, -0.25) is 10.1 Å². The summed E-state index contributed by atoms with van der Waals surface area (Å²) >= 11 is 5.47. The van der Waals surface area contributed by atoms with E-state index in [1.165, 1.54) is 18.2 Å². The van der Waals surface area contributed by atoms with Gasteiger partial charge in [0.2, 0.25) is 0 Å². The fourth-order valence-corrected chi connectivity index (χ4v) is 2.68. The second-order valence-electron chi connectivity index (χ2n) is 5.30. The minimum absolute atomic E-state index is 0.0964. The highest BCUT2D eigenvalue weighted by Gasteiger charge is 2.25. The molecule has 0 radical (unpaired) electrons. The van der Waals surface area contributed by atoms with Crippen molar-refractivity contribution in [1.82, 2.24) is 0 Å². The smallest absolute Gasteiger partial charge is 0.271 e. The number of benzene rings is 2. The molecule has 0 saturated heterocycles. The van der Waals surface area contributed by atoms with Crippen LogP contribution in [0.3, 0.4) is 0 Å². The molecule has 0 amide bonds. The van der Waals surface area contributed by atoms with Crippen molar-refractivity contribution in [2.24, 2.45) is 5.10 Å². The van der Waals surface area contributed by atoms with Crippen molar-refractivity contribution >= 4 is 40.0 Å². The molecule has 126 valence electrons. The van der Waals surface area contributed by atoms with Gasteiger partial charge < -0.3 is 10.4 Å². The average molecular weight is 354 g/mol. The van der Waals surface area contributed by atoms with Crippen LogP contribution in [-0.4, -0.2) is 20.7 Å². The Labute approximate surface area is 149 Å². The van der Waals surface area contributed by atoms with Crippen LogP contribution < -0.4 is 10.3 Å². The molecule has 0 saturated carbocycles. The molecule has 0 bridgehead atoms. The quantitative estimate of drug-likeness (QED) is 0.285. The molecule has 2 aromatic carbocycles. The molecule has 0 fully saturated rings. The van der Waals surface area contributed by atoms with Crippen LogP contribution in [0, 0.1) is 10.1 Å². The van der Waals surface area contributed by atoms with Crippen molar-refractivity contribution in [3.63, 3.8) is 0 Å². The molecule has 1 heterocycles. The van der Waals surface area contributed by atoms with Crippen LogP contribution in [0.5, 0.6) is 5.75 Å². The molecular weight excluding hydrogens is 340 g/mol. The van der Waals surface area contributed by atoms with Gasteiger partial charge in [0.25, 0.3) is 5.69 Å². The summed E-state index contributed by atoms with van der Waals surface area (Å²) in [5, 5.41) is 29.7. The van der Waals surface area contributed by atoms with Crippen molar-refractivity contribution in [1.29, 1.82) is 0 Å². The van der Waals surface area contributed by atoms with Gasteiger partial charge in [0.15, 0.2) is 0 Å². The fourth-order valence-electron chi connectivity index (χ4n) is 2.33. The zero-order valence-electron chi connectivity index (χ0n) is 13.2. The number of hydrazone groups is 1. The third-order valence-corrected chi connectivity index (χ3v) is 4.02. The number of thiocarbonyl (C=S) groups is 1. The first kappa shape index (κ1) is 16.6. The van der Waals surface area contributed by atoms with E-state index in [2.05, 4.69) is 10.4 Å². The summed E-state index contributed by atoms with van der Waals surface area (Å²) in [6.07, 6.45) is 1.59. The van der Waals surface area contributed by atoms with Crippen LogP contribution in [0.1, 0.15) is 6.92 Å². The second-order valence-corrected chi connectivity index (χ2v) is 5.69. The third kappa shape index (κ3) is 3.33. The predicted molar refractivity (Wildman–Crippen MR) is 101 cm³/mol. The van der Waals surface area contributed by atoms with Gasteiger partial charge in [0.05, 0.1) is 27.6 Å². The van der Waals surface area contributed by atoms with Crippen LogP contribution in [0.15, 0.2) is 65.4 Å². The van der Waals surface area contributed by atoms with Gasteiger partial charge in [-0.25, -0.2) is 5.01 Å². The number of nitrogens with zero attached hydrogens (tertiary/aromatic N) is 3. The minimum Gasteiger partial charge on any atom is -0.506 e. The molecular formula is C17H14N4O3S. The van der Waals surface area contributed by atoms with Crippen LogP contribution in [0.25, 0.3) is 0 Å². The summed E-state index contributed by atoms with van der Waals surface area (Å²) in [6, 6.07) is 13.2. The molecule has 2 aromatic rings. The van der Waals surface area contributed by atoms with Gasteiger partial charge in [-0.15, -0.1) is 0 Å². The molecule has 1 aliphatic rings. The normalized spacial score (nSPS) is 15.4. The Balaban J connectivity index is 1.86. The number of nitrogens with one attached hydrogen (secondary N) is 1. The van der Waals surface area contributed by atoms with E-state index < -0.39 is 4.92 Å². The van der Waals surface area contributed by atoms with Gasteiger partial charge >= 0.3 is 0 Å². The molecule has 1 aliphatic heterocycles. The average Bonchev–Trinajstić information content (AvgIpc) is 2.89. The summed E-state index contributed by atoms with van der Waals surface area (Å²) in [6.45, 7) is 1.82. The van der Waals surface area contributed by atoms with E-state index in [9.17, 15) is 15.2 Å². The molecule has 7 nitrogen and oxygen atoms in total. The SMILES string of the molecule is CC1=NN(c2ccccc2)C(=S)/C1=C/Nc1cc([N+](=O)[O-])ccc1O. The van der Waals surface area contributed by atoms with Crippen LogP contribution in [0.4, 0.5) is 17.1 Å². The Kier molecular flexibility index (Phi) is 4.44. The lowest BCUT2D eigenvalue weighted by molar-refractivity contribution is -0.384. The zero-order valence-corrected chi connectivity index (χ0v) is 14.0. The largest absolute Gasteiger partial charge is 0.506 e. The van der Waals surface area contributed by atoms with E-state index in [1.807, 2.05) is 37.3 Å². The molecule has 0 spiro atoms. The number of nitro groups is 1. The number of non-ortho nitro benzene ring substituents is 1. The number of phenolic OH excluding ortho intramolecular Hbond substituents is 1. The molecule has 2 N–H and O–H groups in total. The van der Waals surface area contributed by atoms with Gasteiger partial charge in [0, 0.05) is 18.3 Å². The lowest BCUT2D eigenvalue weighted by Crippen LogP contribution is -2.19. The van der Waals surface area contributed by atoms with Crippen molar-refractivity contribution in [3.05, 3.63) is 70.4 Å². The number of nitro benzene ring substituents is 1. The maximum absolute atomic E-state index is 10.9. The van der Waals surface area contributed by atoms with Gasteiger partial charge in [-0.1, -0.05) is 30.4 Å². The highest BCUT2D eigenvalue weighted by molar-refractivity contribution is 7.81. The molecule has 8 heteroatoms. The predicted octanol–water partition coefficient (Wildman–Crippen LogP) is 3.82. The number of hydrogen-bond donors (Lipinski definition) is 2. The number of rotatable bonds is 4. The zero-order chi connectivity index (χ0) is 18.0. The van der Waals surface area contributed by atoms with Crippen molar-refractivity contribution in [2.45, 2.75) is 6.92 Å². The molecule has 0 atom stereocenters. The fraction of sp³-hybridized carbons (Fsp3) is 0.0588. The maximum atomic E-state index is 10.9. The molecule has 0 aromatic heterocycles. The summed E-state index contributed by atoms with van der Waals surface area (Å²) in [4.78, 5) is 10.8. The Morgan fingerprint density at radius 3 is 2.68 bits per heavy atom. The number of aromatic hydroxyl groups is 1. The van der Waals surface area contributed by atoms with E-state index >= 15 is 0 Å². The van der Waals surface area contributed by atoms with Crippen molar-refractivity contribution in [3.8, 4) is 5.75 Å². The van der Waals surface area contributed by atoms with Crippen LogP contribution >= 0.6 is 12.2 Å². The van der Waals surface area contributed by atoms with E-state index in [4.69, 9.17) is 12.2 Å². The van der Waals surface area contributed by atoms with Crippen LogP contribution in [0.2, 0.25) is 0 Å². The van der Waals surface area contributed by atoms with E-state index in [0.29, 0.717) is 16.3 Å².